The number of amides is 1. The summed E-state index contributed by atoms with van der Waals surface area (Å²) >= 11 is 1.44. The van der Waals surface area contributed by atoms with Gasteiger partial charge in [-0.3, -0.25) is 14.6 Å². The molecule has 0 radical (unpaired) electrons. The van der Waals surface area contributed by atoms with Crippen LogP contribution in [0.15, 0.2) is 23.1 Å². The lowest BCUT2D eigenvalue weighted by Gasteiger charge is -2.56. The Morgan fingerprint density at radius 2 is 1.79 bits per heavy atom. The molecular weight excluding hydrogens is 470 g/mol. The van der Waals surface area contributed by atoms with E-state index in [0.717, 1.165) is 62.3 Å². The van der Waals surface area contributed by atoms with E-state index in [2.05, 4.69) is 4.90 Å². The molecule has 5 aliphatic rings. The Morgan fingerprint density at radius 1 is 1.15 bits per heavy atom. The van der Waals surface area contributed by atoms with E-state index in [9.17, 15) is 13.2 Å². The minimum Gasteiger partial charge on any atom is -0.379 e. The van der Waals surface area contributed by atoms with Gasteiger partial charge in [0, 0.05) is 32.4 Å². The summed E-state index contributed by atoms with van der Waals surface area (Å²) < 4.78 is 30.4. The molecule has 1 saturated heterocycles. The average Bonchev–Trinajstić information content (AvgIpc) is 3.21. The molecule has 0 N–H and O–H groups in total. The van der Waals surface area contributed by atoms with Crippen LogP contribution in [0.5, 0.6) is 0 Å². The molecular formula is C25H33N3O4S2. The van der Waals surface area contributed by atoms with Gasteiger partial charge in [0.25, 0.3) is 0 Å². The van der Waals surface area contributed by atoms with Gasteiger partial charge in [0.15, 0.2) is 15.0 Å². The Kier molecular flexibility index (Phi) is 5.75. The summed E-state index contributed by atoms with van der Waals surface area (Å²) in [6.07, 6.45) is 8.20. The van der Waals surface area contributed by atoms with Crippen LogP contribution in [0.4, 0.5) is 5.13 Å². The molecule has 2 aromatic rings. The van der Waals surface area contributed by atoms with E-state index in [4.69, 9.17) is 9.72 Å². The van der Waals surface area contributed by atoms with Gasteiger partial charge in [-0.05, 0) is 74.5 Å². The van der Waals surface area contributed by atoms with Gasteiger partial charge >= 0.3 is 0 Å². The first-order valence-electron chi connectivity index (χ1n) is 12.5. The Balaban J connectivity index is 1.33. The Hall–Kier alpha value is -1.55. The Bertz CT molecular complexity index is 1170. The largest absolute Gasteiger partial charge is 0.379 e. The third-order valence-corrected chi connectivity index (χ3v) is 10.6. The maximum Gasteiger partial charge on any atom is 0.235 e. The van der Waals surface area contributed by atoms with E-state index >= 15 is 0 Å². The van der Waals surface area contributed by atoms with Crippen molar-refractivity contribution in [3.63, 3.8) is 0 Å². The molecule has 0 spiro atoms. The molecule has 2 heterocycles. The van der Waals surface area contributed by atoms with E-state index in [1.165, 1.54) is 36.9 Å². The highest BCUT2D eigenvalue weighted by Gasteiger charge is 2.56. The lowest BCUT2D eigenvalue weighted by molar-refractivity contribution is -0.143. The Morgan fingerprint density at radius 3 is 2.41 bits per heavy atom. The predicted octanol–water partition coefficient (Wildman–Crippen LogP) is 3.58. The zero-order valence-electron chi connectivity index (χ0n) is 19.7. The second-order valence-electron chi connectivity index (χ2n) is 11.0. The van der Waals surface area contributed by atoms with Crippen molar-refractivity contribution in [2.75, 3.05) is 50.5 Å². The van der Waals surface area contributed by atoms with Crippen molar-refractivity contribution in [3.05, 3.63) is 18.2 Å². The number of thiazole rings is 1. The van der Waals surface area contributed by atoms with E-state index in [1.54, 1.807) is 18.2 Å². The van der Waals surface area contributed by atoms with Gasteiger partial charge in [-0.25, -0.2) is 13.4 Å². The standard InChI is InChI=1S/C25H33N3O4S2/c1-34(30,31)20-2-3-21-22(13-20)33-24(26-21)28(5-4-27-6-8-32-9-7-27)23(29)25-14-17-10-18(15-25)12-19(11-17)16-25/h2-3,13,17-19H,4-12,14-16H2,1H3. The smallest absolute Gasteiger partial charge is 0.235 e. The Labute approximate surface area is 205 Å². The maximum absolute atomic E-state index is 14.3. The van der Waals surface area contributed by atoms with Crippen LogP contribution in [-0.2, 0) is 19.4 Å². The number of carbonyl (C=O) groups is 1. The van der Waals surface area contributed by atoms with Gasteiger partial charge in [0.2, 0.25) is 5.91 Å². The molecule has 0 unspecified atom stereocenters. The van der Waals surface area contributed by atoms with E-state index < -0.39 is 9.84 Å². The quantitative estimate of drug-likeness (QED) is 0.600. The molecule has 1 aromatic carbocycles. The highest BCUT2D eigenvalue weighted by molar-refractivity contribution is 7.90. The SMILES string of the molecule is CS(=O)(=O)c1ccc2nc(N(CCN3CCOCC3)C(=O)C34CC5CC(CC(C5)C3)C4)sc2c1. The van der Waals surface area contributed by atoms with Crippen molar-refractivity contribution in [1.82, 2.24) is 9.88 Å². The third-order valence-electron chi connectivity index (χ3n) is 8.49. The maximum atomic E-state index is 14.3. The van der Waals surface area contributed by atoms with Crippen LogP contribution in [0.25, 0.3) is 10.2 Å². The topological polar surface area (TPSA) is 79.8 Å². The van der Waals surface area contributed by atoms with Crippen LogP contribution in [-0.4, -0.2) is 69.9 Å². The number of rotatable bonds is 6. The zero-order valence-corrected chi connectivity index (χ0v) is 21.4. The van der Waals surface area contributed by atoms with Crippen molar-refractivity contribution < 1.29 is 17.9 Å². The first-order valence-corrected chi connectivity index (χ1v) is 15.2. The highest BCUT2D eigenvalue weighted by Crippen LogP contribution is 2.60. The molecule has 7 rings (SSSR count). The average molecular weight is 504 g/mol. The molecule has 1 aliphatic heterocycles. The fourth-order valence-electron chi connectivity index (χ4n) is 7.25. The van der Waals surface area contributed by atoms with Crippen molar-refractivity contribution in [2.24, 2.45) is 23.2 Å². The van der Waals surface area contributed by atoms with Crippen LogP contribution < -0.4 is 4.90 Å². The summed E-state index contributed by atoms with van der Waals surface area (Å²) in [5.74, 6) is 2.35. The highest BCUT2D eigenvalue weighted by atomic mass is 32.2. The first-order chi connectivity index (χ1) is 16.3. The summed E-state index contributed by atoms with van der Waals surface area (Å²) in [5, 5.41) is 0.703. The molecule has 1 amide bonds. The minimum atomic E-state index is -3.30. The zero-order chi connectivity index (χ0) is 23.5. The van der Waals surface area contributed by atoms with E-state index in [1.807, 2.05) is 4.90 Å². The van der Waals surface area contributed by atoms with Gasteiger partial charge in [-0.1, -0.05) is 11.3 Å². The monoisotopic (exact) mass is 503 g/mol. The van der Waals surface area contributed by atoms with Crippen LogP contribution in [0.2, 0.25) is 0 Å². The number of nitrogens with zero attached hydrogens (tertiary/aromatic N) is 3. The molecule has 184 valence electrons. The third kappa shape index (κ3) is 4.18. The number of ether oxygens (including phenoxy) is 1. The van der Waals surface area contributed by atoms with Gasteiger partial charge in [-0.2, -0.15) is 0 Å². The lowest BCUT2D eigenvalue weighted by Crippen LogP contribution is -2.56. The molecule has 4 saturated carbocycles. The fourth-order valence-corrected chi connectivity index (χ4v) is 9.00. The van der Waals surface area contributed by atoms with Gasteiger partial charge < -0.3 is 4.74 Å². The first kappa shape index (κ1) is 22.9. The molecule has 1 aromatic heterocycles. The molecule has 4 bridgehead atoms. The molecule has 0 atom stereocenters. The fraction of sp³-hybridized carbons (Fsp3) is 0.680. The molecule has 5 fully saturated rings. The molecule has 7 nitrogen and oxygen atoms in total. The summed E-state index contributed by atoms with van der Waals surface area (Å²) in [7, 11) is -3.30. The van der Waals surface area contributed by atoms with Crippen molar-refractivity contribution in [2.45, 2.75) is 43.4 Å². The number of fused-ring (bicyclic) bond motifs is 1. The number of hydrogen-bond acceptors (Lipinski definition) is 7. The number of sulfone groups is 1. The van der Waals surface area contributed by atoms with Crippen molar-refractivity contribution in [3.8, 4) is 0 Å². The number of benzene rings is 1. The minimum absolute atomic E-state index is 0.241. The number of morpholine rings is 1. The predicted molar refractivity (Wildman–Crippen MR) is 133 cm³/mol. The normalized spacial score (nSPS) is 31.3. The summed E-state index contributed by atoms with van der Waals surface area (Å²) in [5.41, 5.74) is 0.511. The van der Waals surface area contributed by atoms with E-state index in [0.29, 0.717) is 34.3 Å². The second-order valence-corrected chi connectivity index (χ2v) is 14.0. The van der Waals surface area contributed by atoms with Gasteiger partial charge in [-0.15, -0.1) is 0 Å². The van der Waals surface area contributed by atoms with E-state index in [-0.39, 0.29) is 11.3 Å². The molecule has 34 heavy (non-hydrogen) atoms. The van der Waals surface area contributed by atoms with Crippen LogP contribution in [0, 0.1) is 23.2 Å². The lowest BCUT2D eigenvalue weighted by atomic mass is 9.49. The molecule has 4 aliphatic carbocycles. The number of carbonyl (C=O) groups excluding carboxylic acids is 1. The second kappa shape index (κ2) is 8.54. The van der Waals surface area contributed by atoms with Gasteiger partial charge in [0.05, 0.1) is 33.7 Å². The summed E-state index contributed by atoms with van der Waals surface area (Å²) in [4.78, 5) is 23.8. The van der Waals surface area contributed by atoms with Crippen LogP contribution in [0.1, 0.15) is 38.5 Å². The number of aromatic nitrogens is 1. The molecule has 9 heteroatoms. The number of anilines is 1. The summed E-state index contributed by atoms with van der Waals surface area (Å²) in [6, 6.07) is 5.07. The van der Waals surface area contributed by atoms with Crippen LogP contribution >= 0.6 is 11.3 Å². The van der Waals surface area contributed by atoms with Crippen molar-refractivity contribution in [1.29, 1.82) is 0 Å². The number of hydrogen-bond donors (Lipinski definition) is 0. The van der Waals surface area contributed by atoms with Gasteiger partial charge in [0.1, 0.15) is 0 Å². The summed E-state index contributed by atoms with van der Waals surface area (Å²) in [6.45, 7) is 4.65. The van der Waals surface area contributed by atoms with Crippen molar-refractivity contribution >= 4 is 42.4 Å². The van der Waals surface area contributed by atoms with Crippen LogP contribution in [0.3, 0.4) is 0 Å².